The molecule has 0 unspecified atom stereocenters. The van der Waals surface area contributed by atoms with Crippen LogP contribution in [0.5, 0.6) is 0 Å². The van der Waals surface area contributed by atoms with E-state index in [4.69, 9.17) is 4.52 Å². The summed E-state index contributed by atoms with van der Waals surface area (Å²) < 4.78 is 5.23. The van der Waals surface area contributed by atoms with E-state index in [0.717, 1.165) is 12.8 Å². The summed E-state index contributed by atoms with van der Waals surface area (Å²) in [6.07, 6.45) is 11.1. The molecule has 0 saturated carbocycles. The van der Waals surface area contributed by atoms with Crippen LogP contribution in [0.15, 0.2) is 35.3 Å². The van der Waals surface area contributed by atoms with E-state index in [0.29, 0.717) is 23.3 Å². The van der Waals surface area contributed by atoms with Gasteiger partial charge in [-0.25, -0.2) is 4.98 Å². The second-order valence-electron chi connectivity index (χ2n) is 3.69. The number of hydrogen-bond acceptors (Lipinski definition) is 5. The van der Waals surface area contributed by atoms with Gasteiger partial charge < -0.3 is 4.52 Å². The average Bonchev–Trinajstić information content (AvgIpc) is 3.01. The van der Waals surface area contributed by atoms with Gasteiger partial charge in [0.2, 0.25) is 11.7 Å². The first-order valence-corrected chi connectivity index (χ1v) is 5.18. The molecule has 0 N–H and O–H groups in total. The van der Waals surface area contributed by atoms with Crippen molar-refractivity contribution < 1.29 is 4.52 Å². The molecule has 0 fully saturated rings. The molecule has 0 saturated heterocycles. The summed E-state index contributed by atoms with van der Waals surface area (Å²) in [5.74, 6) is 1.53. The quantitative estimate of drug-likeness (QED) is 0.715. The molecule has 0 aliphatic heterocycles. The third-order valence-electron chi connectivity index (χ3n) is 2.59. The molecular formula is C11H10N4O. The molecule has 0 bridgehead atoms. The summed E-state index contributed by atoms with van der Waals surface area (Å²) in [6.45, 7) is 0. The van der Waals surface area contributed by atoms with Gasteiger partial charge in [-0.3, -0.25) is 4.98 Å². The molecule has 0 spiro atoms. The SMILES string of the molecule is C1=CCC(c2nc(-c3cnccn3)no2)C1. The molecule has 1 aliphatic carbocycles. The normalized spacial score (nSPS) is 15.8. The van der Waals surface area contributed by atoms with E-state index in [1.807, 2.05) is 0 Å². The maximum absolute atomic E-state index is 5.23. The predicted octanol–water partition coefficient (Wildman–Crippen LogP) is 1.96. The van der Waals surface area contributed by atoms with Crippen molar-refractivity contribution in [1.82, 2.24) is 20.1 Å². The van der Waals surface area contributed by atoms with Gasteiger partial charge in [-0.1, -0.05) is 17.3 Å². The van der Waals surface area contributed by atoms with Gasteiger partial charge in [-0.05, 0) is 12.8 Å². The van der Waals surface area contributed by atoms with E-state index in [-0.39, 0.29) is 0 Å². The fourth-order valence-corrected chi connectivity index (χ4v) is 1.74. The number of aromatic nitrogens is 4. The topological polar surface area (TPSA) is 64.7 Å². The molecule has 3 rings (SSSR count). The first kappa shape index (κ1) is 9.21. The van der Waals surface area contributed by atoms with Crippen molar-refractivity contribution >= 4 is 0 Å². The van der Waals surface area contributed by atoms with Gasteiger partial charge in [0.1, 0.15) is 5.69 Å². The first-order chi connectivity index (χ1) is 7.93. The lowest BCUT2D eigenvalue weighted by atomic mass is 10.1. The summed E-state index contributed by atoms with van der Waals surface area (Å²) in [6, 6.07) is 0. The van der Waals surface area contributed by atoms with Gasteiger partial charge in [0.15, 0.2) is 0 Å². The Kier molecular flexibility index (Phi) is 2.21. The van der Waals surface area contributed by atoms with Gasteiger partial charge in [0.05, 0.1) is 6.20 Å². The van der Waals surface area contributed by atoms with Crippen LogP contribution in [0.1, 0.15) is 24.7 Å². The minimum Gasteiger partial charge on any atom is -0.339 e. The van der Waals surface area contributed by atoms with E-state index in [1.165, 1.54) is 0 Å². The van der Waals surface area contributed by atoms with Crippen LogP contribution in [-0.4, -0.2) is 20.1 Å². The molecule has 0 atom stereocenters. The minimum absolute atomic E-state index is 0.331. The van der Waals surface area contributed by atoms with Crippen molar-refractivity contribution in [2.75, 3.05) is 0 Å². The summed E-state index contributed by atoms with van der Waals surface area (Å²) in [7, 11) is 0. The Hall–Kier alpha value is -2.04. The molecule has 2 aromatic rings. The Labute approximate surface area is 92.2 Å². The number of hydrogen-bond donors (Lipinski definition) is 0. The van der Waals surface area contributed by atoms with E-state index >= 15 is 0 Å². The molecule has 0 aromatic carbocycles. The summed E-state index contributed by atoms with van der Waals surface area (Å²) in [5.41, 5.74) is 0.642. The number of rotatable bonds is 2. The zero-order chi connectivity index (χ0) is 10.8. The molecule has 5 heteroatoms. The van der Waals surface area contributed by atoms with Gasteiger partial charge in [0.25, 0.3) is 0 Å². The Bertz CT molecular complexity index is 498. The Balaban J connectivity index is 1.88. The monoisotopic (exact) mass is 214 g/mol. The van der Waals surface area contributed by atoms with Gasteiger partial charge in [0, 0.05) is 18.3 Å². The molecule has 2 heterocycles. The fraction of sp³-hybridized carbons (Fsp3) is 0.273. The molecule has 2 aromatic heterocycles. The van der Waals surface area contributed by atoms with Crippen molar-refractivity contribution in [2.45, 2.75) is 18.8 Å². The highest BCUT2D eigenvalue weighted by Crippen LogP contribution is 2.28. The van der Waals surface area contributed by atoms with Gasteiger partial charge in [-0.2, -0.15) is 4.98 Å². The second kappa shape index (κ2) is 3.84. The molecule has 1 aliphatic rings. The first-order valence-electron chi connectivity index (χ1n) is 5.18. The maximum atomic E-state index is 5.23. The molecule has 0 radical (unpaired) electrons. The number of allylic oxidation sites excluding steroid dienone is 2. The van der Waals surface area contributed by atoms with Crippen molar-refractivity contribution in [3.05, 3.63) is 36.6 Å². The lowest BCUT2D eigenvalue weighted by molar-refractivity contribution is 0.357. The van der Waals surface area contributed by atoms with Gasteiger partial charge in [-0.15, -0.1) is 0 Å². The van der Waals surface area contributed by atoms with Gasteiger partial charge >= 0.3 is 0 Å². The van der Waals surface area contributed by atoms with Crippen LogP contribution in [0.3, 0.4) is 0 Å². The van der Waals surface area contributed by atoms with E-state index in [9.17, 15) is 0 Å². The Morgan fingerprint density at radius 1 is 1.19 bits per heavy atom. The third kappa shape index (κ3) is 1.60. The van der Waals surface area contributed by atoms with E-state index < -0.39 is 0 Å². The highest BCUT2D eigenvalue weighted by molar-refractivity contribution is 5.45. The van der Waals surface area contributed by atoms with Crippen molar-refractivity contribution in [3.8, 4) is 11.5 Å². The van der Waals surface area contributed by atoms with E-state index in [2.05, 4.69) is 32.3 Å². The standard InChI is InChI=1S/C11H10N4O/c1-2-4-8(3-1)11-14-10(15-16-11)9-7-12-5-6-13-9/h1-2,5-8H,3-4H2. The highest BCUT2D eigenvalue weighted by atomic mass is 16.5. The largest absolute Gasteiger partial charge is 0.339 e. The lowest BCUT2D eigenvalue weighted by Gasteiger charge is -1.99. The van der Waals surface area contributed by atoms with Crippen molar-refractivity contribution in [1.29, 1.82) is 0 Å². The van der Waals surface area contributed by atoms with E-state index in [1.54, 1.807) is 18.6 Å². The van der Waals surface area contributed by atoms with Crippen LogP contribution in [0.25, 0.3) is 11.5 Å². The molecule has 0 amide bonds. The lowest BCUT2D eigenvalue weighted by Crippen LogP contribution is -1.93. The molecule has 80 valence electrons. The maximum Gasteiger partial charge on any atom is 0.230 e. The van der Waals surface area contributed by atoms with Crippen LogP contribution in [0.2, 0.25) is 0 Å². The van der Waals surface area contributed by atoms with Crippen LogP contribution < -0.4 is 0 Å². The Morgan fingerprint density at radius 3 is 2.81 bits per heavy atom. The smallest absolute Gasteiger partial charge is 0.230 e. The number of nitrogens with zero attached hydrogens (tertiary/aromatic N) is 4. The van der Waals surface area contributed by atoms with Crippen molar-refractivity contribution in [3.63, 3.8) is 0 Å². The Morgan fingerprint density at radius 2 is 2.06 bits per heavy atom. The fourth-order valence-electron chi connectivity index (χ4n) is 1.74. The van der Waals surface area contributed by atoms with Crippen LogP contribution in [-0.2, 0) is 0 Å². The average molecular weight is 214 g/mol. The minimum atomic E-state index is 0.331. The van der Waals surface area contributed by atoms with Crippen molar-refractivity contribution in [2.24, 2.45) is 0 Å². The molecule has 5 nitrogen and oxygen atoms in total. The second-order valence-corrected chi connectivity index (χ2v) is 3.69. The van der Waals surface area contributed by atoms with Crippen LogP contribution >= 0.6 is 0 Å². The molecule has 16 heavy (non-hydrogen) atoms. The van der Waals surface area contributed by atoms with Crippen LogP contribution in [0.4, 0.5) is 0 Å². The summed E-state index contributed by atoms with van der Waals surface area (Å²) in [4.78, 5) is 12.4. The summed E-state index contributed by atoms with van der Waals surface area (Å²) in [5, 5.41) is 3.91. The zero-order valence-corrected chi connectivity index (χ0v) is 8.58. The third-order valence-corrected chi connectivity index (χ3v) is 2.59. The zero-order valence-electron chi connectivity index (χ0n) is 8.58. The molecular weight excluding hydrogens is 204 g/mol. The highest BCUT2D eigenvalue weighted by Gasteiger charge is 2.20. The summed E-state index contributed by atoms with van der Waals surface area (Å²) >= 11 is 0. The predicted molar refractivity (Wildman–Crippen MR) is 56.4 cm³/mol. The van der Waals surface area contributed by atoms with Crippen LogP contribution in [0, 0.1) is 0 Å².